The van der Waals surface area contributed by atoms with Gasteiger partial charge in [-0.05, 0) is 31.0 Å². The smallest absolute Gasteiger partial charge is 0.168 e. The zero-order chi connectivity index (χ0) is 19.6. The van der Waals surface area contributed by atoms with E-state index >= 15 is 0 Å². The van der Waals surface area contributed by atoms with Crippen molar-refractivity contribution in [3.63, 3.8) is 0 Å². The van der Waals surface area contributed by atoms with E-state index in [0.717, 1.165) is 12.8 Å². The zero-order valence-corrected chi connectivity index (χ0v) is 15.8. The van der Waals surface area contributed by atoms with Gasteiger partial charge >= 0.3 is 0 Å². The summed E-state index contributed by atoms with van der Waals surface area (Å²) in [6.45, 7) is 1.28. The predicted molar refractivity (Wildman–Crippen MR) is 103 cm³/mol. The van der Waals surface area contributed by atoms with Crippen LogP contribution in [0, 0.1) is 11.8 Å². The number of anilines is 1. The molecule has 1 aromatic carbocycles. The number of para-hydroxylation sites is 1. The molecule has 146 valence electrons. The molecule has 2 aromatic rings. The summed E-state index contributed by atoms with van der Waals surface area (Å²) >= 11 is 0. The largest absolute Gasteiger partial charge is 0.507 e. The zero-order valence-electron chi connectivity index (χ0n) is 15.8. The van der Waals surface area contributed by atoms with Crippen LogP contribution in [0.1, 0.15) is 31.2 Å². The fourth-order valence-corrected chi connectivity index (χ4v) is 3.70. The summed E-state index contributed by atoms with van der Waals surface area (Å²) in [6.07, 6.45) is 2.90. The van der Waals surface area contributed by atoms with Crippen molar-refractivity contribution in [2.45, 2.75) is 37.1 Å². The van der Waals surface area contributed by atoms with Gasteiger partial charge in [-0.3, -0.25) is 0 Å². The molecule has 1 saturated carbocycles. The molecule has 1 saturated heterocycles. The SMILES string of the molecule is COC1(C#Cc2cc(-c3ccccc3O)nnc2N)CCC2(CC1)OCCO2. The first-order valence-electron chi connectivity index (χ1n) is 9.33. The number of ether oxygens (including phenoxy) is 3. The van der Waals surface area contributed by atoms with Crippen LogP contribution < -0.4 is 5.73 Å². The van der Waals surface area contributed by atoms with E-state index in [0.29, 0.717) is 42.9 Å². The van der Waals surface area contributed by atoms with Gasteiger partial charge in [-0.1, -0.05) is 24.0 Å². The van der Waals surface area contributed by atoms with Crippen molar-refractivity contribution >= 4 is 5.82 Å². The number of nitrogen functional groups attached to an aromatic ring is 1. The molecule has 1 aromatic heterocycles. The Balaban J connectivity index is 1.60. The van der Waals surface area contributed by atoms with E-state index in [1.165, 1.54) is 0 Å². The summed E-state index contributed by atoms with van der Waals surface area (Å²) in [6, 6.07) is 8.68. The van der Waals surface area contributed by atoms with E-state index in [1.807, 2.05) is 6.07 Å². The molecular formula is C21H23N3O4. The molecule has 1 aliphatic heterocycles. The molecule has 0 atom stereocenters. The van der Waals surface area contributed by atoms with Gasteiger partial charge in [-0.2, -0.15) is 0 Å². The number of aromatic nitrogens is 2. The number of phenols is 1. The lowest BCUT2D eigenvalue weighted by atomic mass is 9.81. The van der Waals surface area contributed by atoms with Gasteiger partial charge in [0.1, 0.15) is 11.4 Å². The first-order chi connectivity index (χ1) is 13.5. The highest BCUT2D eigenvalue weighted by Crippen LogP contribution is 2.41. The van der Waals surface area contributed by atoms with Gasteiger partial charge in [0.05, 0.1) is 24.5 Å². The molecule has 0 amide bonds. The van der Waals surface area contributed by atoms with Crippen molar-refractivity contribution in [2.75, 3.05) is 26.1 Å². The molecule has 7 heteroatoms. The number of hydrogen-bond acceptors (Lipinski definition) is 7. The number of phenolic OH excluding ortho intramolecular Hbond substituents is 1. The van der Waals surface area contributed by atoms with Gasteiger partial charge in [0.2, 0.25) is 0 Å². The molecule has 1 spiro atoms. The number of hydrogen-bond donors (Lipinski definition) is 2. The topological polar surface area (TPSA) is 99.7 Å². The third-order valence-corrected chi connectivity index (χ3v) is 5.45. The van der Waals surface area contributed by atoms with Crippen LogP contribution in [0.5, 0.6) is 5.75 Å². The van der Waals surface area contributed by atoms with E-state index in [1.54, 1.807) is 31.4 Å². The van der Waals surface area contributed by atoms with E-state index in [4.69, 9.17) is 19.9 Å². The van der Waals surface area contributed by atoms with Crippen LogP contribution >= 0.6 is 0 Å². The molecule has 0 radical (unpaired) electrons. The van der Waals surface area contributed by atoms with E-state index in [2.05, 4.69) is 22.0 Å². The first kappa shape index (κ1) is 18.7. The predicted octanol–water partition coefficient (Wildman–Crippen LogP) is 2.49. The minimum atomic E-state index is -0.578. The average molecular weight is 381 g/mol. The van der Waals surface area contributed by atoms with Crippen molar-refractivity contribution < 1.29 is 19.3 Å². The lowest BCUT2D eigenvalue weighted by molar-refractivity contribution is -0.198. The maximum Gasteiger partial charge on any atom is 0.168 e. The lowest BCUT2D eigenvalue weighted by Crippen LogP contribution is -2.44. The number of nitrogens with zero attached hydrogens (tertiary/aromatic N) is 2. The average Bonchev–Trinajstić information content (AvgIpc) is 3.18. The van der Waals surface area contributed by atoms with Crippen molar-refractivity contribution in [1.29, 1.82) is 0 Å². The number of benzene rings is 1. The van der Waals surface area contributed by atoms with Gasteiger partial charge in [0, 0.05) is 25.5 Å². The summed E-state index contributed by atoms with van der Waals surface area (Å²) in [7, 11) is 1.67. The number of rotatable bonds is 2. The van der Waals surface area contributed by atoms with Gasteiger partial charge in [-0.15, -0.1) is 10.2 Å². The van der Waals surface area contributed by atoms with Crippen LogP contribution in [0.2, 0.25) is 0 Å². The van der Waals surface area contributed by atoms with Gasteiger partial charge in [0.15, 0.2) is 11.6 Å². The third-order valence-electron chi connectivity index (χ3n) is 5.45. The minimum absolute atomic E-state index is 0.128. The molecule has 2 fully saturated rings. The molecule has 7 nitrogen and oxygen atoms in total. The molecule has 1 aliphatic carbocycles. The lowest BCUT2D eigenvalue weighted by Gasteiger charge is -2.39. The maximum atomic E-state index is 10.1. The van der Waals surface area contributed by atoms with Gasteiger partial charge in [-0.25, -0.2) is 0 Å². The van der Waals surface area contributed by atoms with Gasteiger partial charge < -0.3 is 25.1 Å². The van der Waals surface area contributed by atoms with E-state index in [-0.39, 0.29) is 11.6 Å². The number of nitrogens with two attached hydrogens (primary N) is 1. The summed E-state index contributed by atoms with van der Waals surface area (Å²) in [4.78, 5) is 0. The Labute approximate surface area is 163 Å². The Hall–Kier alpha value is -2.66. The Morgan fingerprint density at radius 3 is 2.50 bits per heavy atom. The molecule has 3 N–H and O–H groups in total. The number of methoxy groups -OCH3 is 1. The Kier molecular flexibility index (Phi) is 4.94. The monoisotopic (exact) mass is 381 g/mol. The summed E-state index contributed by atoms with van der Waals surface area (Å²) in [5.41, 5.74) is 7.05. The molecule has 4 rings (SSSR count). The third kappa shape index (κ3) is 3.54. The van der Waals surface area contributed by atoms with Crippen molar-refractivity contribution in [3.8, 4) is 28.8 Å². The van der Waals surface area contributed by atoms with Crippen LogP contribution in [0.15, 0.2) is 30.3 Å². The Bertz CT molecular complexity index is 919. The second-order valence-electron chi connectivity index (χ2n) is 7.10. The molecular weight excluding hydrogens is 358 g/mol. The highest BCUT2D eigenvalue weighted by Gasteiger charge is 2.46. The van der Waals surface area contributed by atoms with Crippen LogP contribution in [0.4, 0.5) is 5.82 Å². The van der Waals surface area contributed by atoms with E-state index < -0.39 is 11.4 Å². The molecule has 0 bridgehead atoms. The highest BCUT2D eigenvalue weighted by atomic mass is 16.7. The molecule has 2 heterocycles. The van der Waals surface area contributed by atoms with Crippen molar-refractivity contribution in [3.05, 3.63) is 35.9 Å². The normalized spacial score (nSPS) is 19.9. The fraction of sp³-hybridized carbons (Fsp3) is 0.429. The molecule has 28 heavy (non-hydrogen) atoms. The first-order valence-corrected chi connectivity index (χ1v) is 9.33. The second-order valence-corrected chi connectivity index (χ2v) is 7.10. The standard InChI is InChI=1S/C21H23N3O4/c1-26-20(8-10-21(11-9-20)27-12-13-28-21)7-6-15-14-17(23-24-19(15)22)16-4-2-3-5-18(16)25/h2-5,14,25H,8-13H2,1H3,(H2,22,24). The van der Waals surface area contributed by atoms with Crippen molar-refractivity contribution in [2.24, 2.45) is 0 Å². The van der Waals surface area contributed by atoms with Crippen LogP contribution in [-0.4, -0.2) is 47.0 Å². The maximum absolute atomic E-state index is 10.1. The van der Waals surface area contributed by atoms with Gasteiger partial charge in [0.25, 0.3) is 0 Å². The molecule has 0 unspecified atom stereocenters. The van der Waals surface area contributed by atoms with Crippen LogP contribution in [0.3, 0.4) is 0 Å². The second kappa shape index (κ2) is 7.40. The van der Waals surface area contributed by atoms with E-state index in [9.17, 15) is 5.11 Å². The summed E-state index contributed by atoms with van der Waals surface area (Å²) in [5.74, 6) is 6.26. The quantitative estimate of drug-likeness (QED) is 0.771. The highest BCUT2D eigenvalue weighted by molar-refractivity contribution is 5.69. The van der Waals surface area contributed by atoms with Crippen LogP contribution in [0.25, 0.3) is 11.3 Å². The number of aromatic hydroxyl groups is 1. The van der Waals surface area contributed by atoms with Crippen LogP contribution in [-0.2, 0) is 14.2 Å². The Morgan fingerprint density at radius 2 is 1.82 bits per heavy atom. The Morgan fingerprint density at radius 1 is 1.11 bits per heavy atom. The summed E-state index contributed by atoms with van der Waals surface area (Å²) in [5, 5.41) is 18.1. The molecule has 2 aliphatic rings. The summed E-state index contributed by atoms with van der Waals surface area (Å²) < 4.78 is 17.4. The fourth-order valence-electron chi connectivity index (χ4n) is 3.70. The minimum Gasteiger partial charge on any atom is -0.507 e. The van der Waals surface area contributed by atoms with Crippen molar-refractivity contribution in [1.82, 2.24) is 10.2 Å².